The molecule has 0 aliphatic heterocycles. The lowest BCUT2D eigenvalue weighted by Gasteiger charge is -2.30. The van der Waals surface area contributed by atoms with E-state index in [-0.39, 0.29) is 12.5 Å². The first kappa shape index (κ1) is 19.4. The van der Waals surface area contributed by atoms with Crippen LogP contribution in [0.1, 0.15) is 31.9 Å². The van der Waals surface area contributed by atoms with Gasteiger partial charge < -0.3 is 5.32 Å². The van der Waals surface area contributed by atoms with Crippen LogP contribution in [0.25, 0.3) is 0 Å². The van der Waals surface area contributed by atoms with Gasteiger partial charge in [0.1, 0.15) is 6.54 Å². The number of carbonyl (C=O) groups excluding carboxylic acids is 1. The molecule has 7 heteroatoms. The summed E-state index contributed by atoms with van der Waals surface area (Å²) in [6.45, 7) is 9.02. The molecule has 0 bridgehead atoms. The fraction of sp³-hybridized carbons (Fsp3) is 0.562. The lowest BCUT2D eigenvalue weighted by Crippen LogP contribution is -2.50. The van der Waals surface area contributed by atoms with Crippen molar-refractivity contribution in [2.24, 2.45) is 0 Å². The Morgan fingerprint density at radius 3 is 2.22 bits per heavy atom. The van der Waals surface area contributed by atoms with Crippen molar-refractivity contribution < 1.29 is 13.2 Å². The van der Waals surface area contributed by atoms with Crippen LogP contribution in [-0.4, -0.2) is 44.8 Å². The molecule has 23 heavy (non-hydrogen) atoms. The third kappa shape index (κ3) is 5.21. The number of aryl methyl sites for hydroxylation is 2. The normalized spacial score (nSPS) is 12.3. The zero-order valence-electron chi connectivity index (χ0n) is 15.0. The molecule has 0 spiro atoms. The van der Waals surface area contributed by atoms with Gasteiger partial charge in [0.25, 0.3) is 0 Å². The van der Waals surface area contributed by atoms with E-state index in [2.05, 4.69) is 5.32 Å². The maximum absolute atomic E-state index is 12.7. The lowest BCUT2D eigenvalue weighted by atomic mass is 10.1. The zero-order valence-corrected chi connectivity index (χ0v) is 15.8. The van der Waals surface area contributed by atoms with Crippen LogP contribution in [0, 0.1) is 13.8 Å². The molecule has 0 saturated carbocycles. The van der Waals surface area contributed by atoms with Crippen molar-refractivity contribution >= 4 is 21.8 Å². The van der Waals surface area contributed by atoms with Crippen LogP contribution in [0.15, 0.2) is 18.2 Å². The summed E-state index contributed by atoms with van der Waals surface area (Å²) in [7, 11) is -0.869. The number of hydrogen-bond acceptors (Lipinski definition) is 3. The first-order chi connectivity index (χ1) is 10.3. The third-order valence-electron chi connectivity index (χ3n) is 3.17. The third-order valence-corrected chi connectivity index (χ3v) is 4.98. The number of anilines is 1. The summed E-state index contributed by atoms with van der Waals surface area (Å²) in [6.07, 6.45) is 0. The fourth-order valence-electron chi connectivity index (χ4n) is 2.06. The Balaban J connectivity index is 3.29. The minimum atomic E-state index is -3.78. The van der Waals surface area contributed by atoms with Crippen molar-refractivity contribution in [2.75, 3.05) is 24.9 Å². The van der Waals surface area contributed by atoms with E-state index in [4.69, 9.17) is 0 Å². The average molecular weight is 341 g/mol. The van der Waals surface area contributed by atoms with Gasteiger partial charge in [-0.2, -0.15) is 12.7 Å². The molecule has 0 aromatic heterocycles. The van der Waals surface area contributed by atoms with Gasteiger partial charge in [-0.05, 0) is 51.8 Å². The second-order valence-electron chi connectivity index (χ2n) is 6.88. The van der Waals surface area contributed by atoms with Crippen molar-refractivity contribution in [3.05, 3.63) is 29.3 Å². The molecule has 1 aromatic rings. The largest absolute Gasteiger partial charge is 0.350 e. The summed E-state index contributed by atoms with van der Waals surface area (Å²) < 4.78 is 27.6. The molecule has 1 amide bonds. The Morgan fingerprint density at radius 1 is 1.17 bits per heavy atom. The van der Waals surface area contributed by atoms with Crippen LogP contribution < -0.4 is 9.62 Å². The second-order valence-corrected chi connectivity index (χ2v) is 8.95. The van der Waals surface area contributed by atoms with Crippen LogP contribution >= 0.6 is 0 Å². The first-order valence-electron chi connectivity index (χ1n) is 7.43. The smallest absolute Gasteiger partial charge is 0.304 e. The Hall–Kier alpha value is -1.60. The van der Waals surface area contributed by atoms with Crippen molar-refractivity contribution in [1.82, 2.24) is 9.62 Å². The van der Waals surface area contributed by atoms with Gasteiger partial charge in [-0.25, -0.2) is 4.31 Å². The number of nitrogens with one attached hydrogen (secondary N) is 1. The van der Waals surface area contributed by atoms with Gasteiger partial charge in [0.15, 0.2) is 0 Å². The molecule has 0 aliphatic carbocycles. The molecule has 6 nitrogen and oxygen atoms in total. The molecule has 0 saturated heterocycles. The molecule has 0 aliphatic rings. The van der Waals surface area contributed by atoms with Crippen LogP contribution in [0.3, 0.4) is 0 Å². The van der Waals surface area contributed by atoms with Gasteiger partial charge in [0, 0.05) is 19.6 Å². The maximum Gasteiger partial charge on any atom is 0.304 e. The maximum atomic E-state index is 12.7. The van der Waals surface area contributed by atoms with E-state index in [1.54, 1.807) is 6.07 Å². The van der Waals surface area contributed by atoms with Gasteiger partial charge in [-0.15, -0.1) is 0 Å². The second kappa shape index (κ2) is 6.88. The van der Waals surface area contributed by atoms with E-state index >= 15 is 0 Å². The number of benzene rings is 1. The van der Waals surface area contributed by atoms with Crippen LogP contribution in [0.2, 0.25) is 0 Å². The van der Waals surface area contributed by atoms with Gasteiger partial charge >= 0.3 is 10.2 Å². The summed E-state index contributed by atoms with van der Waals surface area (Å²) in [5.41, 5.74) is 1.82. The predicted molar refractivity (Wildman–Crippen MR) is 93.8 cm³/mol. The van der Waals surface area contributed by atoms with Gasteiger partial charge in [0.2, 0.25) is 5.91 Å². The molecule has 1 N–H and O–H groups in total. The van der Waals surface area contributed by atoms with Crippen LogP contribution in [0.4, 0.5) is 5.69 Å². The molecule has 0 fully saturated rings. The lowest BCUT2D eigenvalue weighted by molar-refractivity contribution is -0.121. The highest BCUT2D eigenvalue weighted by Crippen LogP contribution is 2.25. The minimum Gasteiger partial charge on any atom is -0.350 e. The Morgan fingerprint density at radius 2 is 1.74 bits per heavy atom. The zero-order chi connectivity index (χ0) is 18.0. The summed E-state index contributed by atoms with van der Waals surface area (Å²) in [5, 5.41) is 2.80. The van der Waals surface area contributed by atoms with E-state index in [0.29, 0.717) is 5.69 Å². The van der Waals surface area contributed by atoms with Crippen molar-refractivity contribution in [2.45, 2.75) is 40.2 Å². The fourth-order valence-corrected chi connectivity index (χ4v) is 3.18. The highest BCUT2D eigenvalue weighted by molar-refractivity contribution is 7.90. The number of rotatable bonds is 5. The Kier molecular flexibility index (Phi) is 5.82. The van der Waals surface area contributed by atoms with Gasteiger partial charge in [0.05, 0.1) is 5.69 Å². The summed E-state index contributed by atoms with van der Waals surface area (Å²) in [5.74, 6) is -0.344. The molecule has 130 valence electrons. The summed E-state index contributed by atoms with van der Waals surface area (Å²) in [4.78, 5) is 12.3. The predicted octanol–water partition coefficient (Wildman–Crippen LogP) is 1.83. The van der Waals surface area contributed by atoms with E-state index in [1.807, 2.05) is 46.8 Å². The Bertz CT molecular complexity index is 676. The van der Waals surface area contributed by atoms with Crippen LogP contribution in [-0.2, 0) is 15.0 Å². The standard InChI is InChI=1S/C16H27N3O3S/c1-12-8-9-13(2)14(10-12)19(23(21,22)18(6)7)11-15(20)17-16(3,4)5/h8-10H,11H2,1-7H3,(H,17,20). The molecule has 0 unspecified atom stereocenters. The summed E-state index contributed by atoms with van der Waals surface area (Å²) >= 11 is 0. The highest BCUT2D eigenvalue weighted by Gasteiger charge is 2.29. The van der Waals surface area contributed by atoms with E-state index in [0.717, 1.165) is 19.7 Å². The molecule has 0 heterocycles. The first-order valence-corrected chi connectivity index (χ1v) is 8.83. The van der Waals surface area contributed by atoms with Crippen molar-refractivity contribution in [3.63, 3.8) is 0 Å². The monoisotopic (exact) mass is 341 g/mol. The molecular weight excluding hydrogens is 314 g/mol. The van der Waals surface area contributed by atoms with E-state index in [9.17, 15) is 13.2 Å². The average Bonchev–Trinajstić information content (AvgIpc) is 2.36. The van der Waals surface area contributed by atoms with Crippen LogP contribution in [0.5, 0.6) is 0 Å². The quantitative estimate of drug-likeness (QED) is 0.888. The number of nitrogens with zero attached hydrogens (tertiary/aromatic N) is 2. The molecular formula is C16H27N3O3S. The van der Waals surface area contributed by atoms with Gasteiger partial charge in [-0.3, -0.25) is 4.79 Å². The molecule has 0 radical (unpaired) electrons. The number of hydrogen-bond donors (Lipinski definition) is 1. The van der Waals surface area contributed by atoms with Gasteiger partial charge in [-0.1, -0.05) is 12.1 Å². The molecule has 1 aromatic carbocycles. The van der Waals surface area contributed by atoms with E-state index in [1.165, 1.54) is 14.1 Å². The SMILES string of the molecule is Cc1ccc(C)c(N(CC(=O)NC(C)(C)C)S(=O)(=O)N(C)C)c1. The topological polar surface area (TPSA) is 69.7 Å². The minimum absolute atomic E-state index is 0.262. The molecule has 1 rings (SSSR count). The Labute approximate surface area is 139 Å². The van der Waals surface area contributed by atoms with Crippen molar-refractivity contribution in [1.29, 1.82) is 0 Å². The highest BCUT2D eigenvalue weighted by atomic mass is 32.2. The number of carbonyl (C=O) groups is 1. The molecule has 0 atom stereocenters. The summed E-state index contributed by atoms with van der Waals surface area (Å²) in [6, 6.07) is 5.54. The number of amides is 1. The van der Waals surface area contributed by atoms with E-state index < -0.39 is 15.7 Å². The van der Waals surface area contributed by atoms with Crippen molar-refractivity contribution in [3.8, 4) is 0 Å².